The highest BCUT2D eigenvalue weighted by molar-refractivity contribution is 7.98. The molecule has 24 heavy (non-hydrogen) atoms. The molecule has 0 radical (unpaired) electrons. The van der Waals surface area contributed by atoms with Gasteiger partial charge in [0.1, 0.15) is 0 Å². The lowest BCUT2D eigenvalue weighted by atomic mass is 10.1. The second kappa shape index (κ2) is 6.16. The zero-order valence-electron chi connectivity index (χ0n) is 13.4. The van der Waals surface area contributed by atoms with Gasteiger partial charge in [-0.05, 0) is 17.7 Å². The number of methoxy groups -OCH3 is 2. The maximum Gasteiger partial charge on any atom is 0.183 e. The number of thioether (sulfide) groups is 1. The van der Waals surface area contributed by atoms with Gasteiger partial charge in [-0.3, -0.25) is 9.98 Å². The number of H-pyrrole nitrogens is 1. The minimum Gasteiger partial charge on any atom is -0.493 e. The predicted molar refractivity (Wildman–Crippen MR) is 94.9 cm³/mol. The summed E-state index contributed by atoms with van der Waals surface area (Å²) in [5.41, 5.74) is 5.04. The monoisotopic (exact) mass is 340 g/mol. The molecule has 0 amide bonds. The summed E-state index contributed by atoms with van der Waals surface area (Å²) in [6.07, 6.45) is 4.53. The fraction of sp³-hybridized carbons (Fsp3) is 0.235. The lowest BCUT2D eigenvalue weighted by Crippen LogP contribution is -1.97. The van der Waals surface area contributed by atoms with E-state index in [-0.39, 0.29) is 0 Å². The summed E-state index contributed by atoms with van der Waals surface area (Å²) in [6, 6.07) is 5.94. The number of hydrogen-bond donors (Lipinski definition) is 1. The fourth-order valence-electron chi connectivity index (χ4n) is 2.75. The highest BCUT2D eigenvalue weighted by Crippen LogP contribution is 2.34. The molecule has 0 fully saturated rings. The predicted octanol–water partition coefficient (Wildman–Crippen LogP) is 3.53. The van der Waals surface area contributed by atoms with Crippen molar-refractivity contribution in [2.45, 2.75) is 17.3 Å². The summed E-state index contributed by atoms with van der Waals surface area (Å²) in [4.78, 5) is 16.8. The molecule has 0 atom stereocenters. The van der Waals surface area contributed by atoms with Gasteiger partial charge < -0.3 is 14.5 Å². The zero-order valence-corrected chi connectivity index (χ0v) is 14.2. The Hall–Kier alpha value is -2.54. The van der Waals surface area contributed by atoms with Crippen LogP contribution in [0.15, 0.2) is 34.5 Å². The highest BCUT2D eigenvalue weighted by atomic mass is 32.2. The van der Waals surface area contributed by atoms with Gasteiger partial charge in [-0.1, -0.05) is 11.8 Å². The van der Waals surface area contributed by atoms with Crippen molar-refractivity contribution in [3.8, 4) is 11.5 Å². The number of fused-ring (bicyclic) bond motifs is 2. The Balaban J connectivity index is 1.58. The Kier molecular flexibility index (Phi) is 3.86. The topological polar surface area (TPSA) is 72.4 Å². The Labute approximate surface area is 143 Å². The maximum absolute atomic E-state index is 5.42. The van der Waals surface area contributed by atoms with E-state index >= 15 is 0 Å². The number of ether oxygens (including phenoxy) is 2. The van der Waals surface area contributed by atoms with Crippen molar-refractivity contribution in [2.24, 2.45) is 4.99 Å². The van der Waals surface area contributed by atoms with E-state index in [9.17, 15) is 0 Å². The van der Waals surface area contributed by atoms with Crippen molar-refractivity contribution in [1.82, 2.24) is 15.0 Å². The number of aromatic amines is 1. The number of imidazole rings is 1. The number of benzene rings is 1. The number of aliphatic imine (C=N–C) groups is 1. The van der Waals surface area contributed by atoms with E-state index in [4.69, 9.17) is 9.47 Å². The third kappa shape index (κ3) is 2.60. The number of aromatic nitrogens is 3. The second-order valence-corrected chi connectivity index (χ2v) is 6.30. The third-order valence-corrected chi connectivity index (χ3v) is 4.80. The van der Waals surface area contributed by atoms with Crippen molar-refractivity contribution < 1.29 is 9.47 Å². The second-order valence-electron chi connectivity index (χ2n) is 5.34. The molecule has 3 heterocycles. The van der Waals surface area contributed by atoms with Crippen LogP contribution in [0.4, 0.5) is 5.69 Å². The minimum atomic E-state index is 0.637. The average Bonchev–Trinajstić information content (AvgIpc) is 3.22. The molecule has 7 heteroatoms. The van der Waals surface area contributed by atoms with Crippen LogP contribution in [0.1, 0.15) is 11.3 Å². The van der Waals surface area contributed by atoms with Gasteiger partial charge in [-0.15, -0.1) is 0 Å². The Morgan fingerprint density at radius 1 is 1.25 bits per heavy atom. The molecule has 0 saturated heterocycles. The van der Waals surface area contributed by atoms with Crippen LogP contribution in [0.5, 0.6) is 11.5 Å². The first-order chi connectivity index (χ1) is 11.8. The Morgan fingerprint density at radius 3 is 3.00 bits per heavy atom. The summed E-state index contributed by atoms with van der Waals surface area (Å²) < 4.78 is 10.7. The molecule has 1 aliphatic rings. The van der Waals surface area contributed by atoms with E-state index in [1.54, 1.807) is 38.2 Å². The van der Waals surface area contributed by atoms with Crippen molar-refractivity contribution in [2.75, 3.05) is 14.2 Å². The molecule has 122 valence electrons. The molecule has 0 unspecified atom stereocenters. The molecule has 0 bridgehead atoms. The number of pyridine rings is 1. The standard InChI is InChI=1S/C17H16N4O2S/c1-22-15-4-6-19-14(16(15)23-2)9-24-17-20-12-7-10-3-5-18-11(10)8-13(12)21-17/h4-8H,3,9H2,1-2H3,(H,20,21). The van der Waals surface area contributed by atoms with Crippen LogP contribution < -0.4 is 9.47 Å². The van der Waals surface area contributed by atoms with E-state index in [1.165, 1.54) is 5.56 Å². The number of rotatable bonds is 5. The van der Waals surface area contributed by atoms with Gasteiger partial charge in [-0.25, -0.2) is 4.98 Å². The van der Waals surface area contributed by atoms with Gasteiger partial charge in [0, 0.05) is 30.7 Å². The molecule has 1 aromatic carbocycles. The third-order valence-electron chi connectivity index (χ3n) is 3.91. The summed E-state index contributed by atoms with van der Waals surface area (Å²) in [6.45, 7) is 0. The molecule has 2 aromatic heterocycles. The zero-order chi connectivity index (χ0) is 16.5. The molecule has 1 aliphatic heterocycles. The Morgan fingerprint density at radius 2 is 2.17 bits per heavy atom. The average molecular weight is 340 g/mol. The van der Waals surface area contributed by atoms with Crippen LogP contribution in [0.3, 0.4) is 0 Å². The van der Waals surface area contributed by atoms with Gasteiger partial charge in [0.05, 0.1) is 36.6 Å². The highest BCUT2D eigenvalue weighted by Gasteiger charge is 2.14. The van der Waals surface area contributed by atoms with Gasteiger partial charge in [0.15, 0.2) is 16.7 Å². The first-order valence-electron chi connectivity index (χ1n) is 7.52. The van der Waals surface area contributed by atoms with E-state index in [0.29, 0.717) is 17.3 Å². The quantitative estimate of drug-likeness (QED) is 0.719. The number of nitrogens with one attached hydrogen (secondary N) is 1. The van der Waals surface area contributed by atoms with Crippen LogP contribution in [-0.4, -0.2) is 35.4 Å². The summed E-state index contributed by atoms with van der Waals surface area (Å²) in [5, 5.41) is 0.851. The summed E-state index contributed by atoms with van der Waals surface area (Å²) >= 11 is 1.58. The van der Waals surface area contributed by atoms with E-state index in [2.05, 4.69) is 32.1 Å². The SMILES string of the molecule is COc1ccnc(CSc2nc3cc4c(cc3[nH]2)N=CC4)c1OC. The van der Waals surface area contributed by atoms with Gasteiger partial charge >= 0.3 is 0 Å². The lowest BCUT2D eigenvalue weighted by Gasteiger charge is -2.10. The minimum absolute atomic E-state index is 0.637. The van der Waals surface area contributed by atoms with E-state index in [0.717, 1.165) is 34.0 Å². The molecule has 0 spiro atoms. The van der Waals surface area contributed by atoms with Crippen molar-refractivity contribution >= 4 is 34.7 Å². The van der Waals surface area contributed by atoms with Crippen molar-refractivity contribution in [3.63, 3.8) is 0 Å². The van der Waals surface area contributed by atoms with Gasteiger partial charge in [0.2, 0.25) is 0 Å². The fourth-order valence-corrected chi connectivity index (χ4v) is 3.57. The van der Waals surface area contributed by atoms with Crippen molar-refractivity contribution in [3.05, 3.63) is 35.7 Å². The Bertz CT molecular complexity index is 936. The van der Waals surface area contributed by atoms with Crippen LogP contribution in [-0.2, 0) is 12.2 Å². The van der Waals surface area contributed by atoms with Crippen LogP contribution in [0.25, 0.3) is 11.0 Å². The largest absolute Gasteiger partial charge is 0.493 e. The maximum atomic E-state index is 5.42. The number of hydrogen-bond acceptors (Lipinski definition) is 6. The molecule has 6 nitrogen and oxygen atoms in total. The van der Waals surface area contributed by atoms with Crippen LogP contribution in [0, 0.1) is 0 Å². The normalized spacial score (nSPS) is 12.6. The molecule has 4 rings (SSSR count). The first kappa shape index (κ1) is 15.0. The molecule has 0 aliphatic carbocycles. The lowest BCUT2D eigenvalue weighted by molar-refractivity contribution is 0.350. The molecule has 1 N–H and O–H groups in total. The van der Waals surface area contributed by atoms with E-state index < -0.39 is 0 Å². The van der Waals surface area contributed by atoms with Gasteiger partial charge in [0.25, 0.3) is 0 Å². The first-order valence-corrected chi connectivity index (χ1v) is 8.51. The molecule has 3 aromatic rings. The van der Waals surface area contributed by atoms with Crippen molar-refractivity contribution in [1.29, 1.82) is 0 Å². The van der Waals surface area contributed by atoms with Crippen LogP contribution >= 0.6 is 11.8 Å². The summed E-state index contributed by atoms with van der Waals surface area (Å²) in [7, 11) is 3.24. The van der Waals surface area contributed by atoms with Crippen LogP contribution in [0.2, 0.25) is 0 Å². The van der Waals surface area contributed by atoms with Gasteiger partial charge in [-0.2, -0.15) is 0 Å². The van der Waals surface area contributed by atoms with E-state index in [1.807, 2.05) is 6.21 Å². The smallest absolute Gasteiger partial charge is 0.183 e. The molecule has 0 saturated carbocycles. The number of nitrogens with zero attached hydrogens (tertiary/aromatic N) is 3. The summed E-state index contributed by atoms with van der Waals surface area (Å²) in [5.74, 6) is 1.98. The molecular weight excluding hydrogens is 324 g/mol. The molecular formula is C17H16N4O2S.